The van der Waals surface area contributed by atoms with Crippen LogP contribution in [-0.4, -0.2) is 119 Å². The van der Waals surface area contributed by atoms with Gasteiger partial charge in [0.25, 0.3) is 0 Å². The Bertz CT molecular complexity index is 1670. The summed E-state index contributed by atoms with van der Waals surface area (Å²) in [5, 5.41) is 31.1. The maximum absolute atomic E-state index is 13.7. The highest BCUT2D eigenvalue weighted by Gasteiger charge is 2.30. The number of carbonyl (C=O) groups is 7. The number of aliphatic imine (C=N–C) groups is 2. The Balaban J connectivity index is 2.11. The first-order valence-electron chi connectivity index (χ1n) is 16.4. The molecule has 53 heavy (non-hydrogen) atoms. The van der Waals surface area contributed by atoms with E-state index in [4.69, 9.17) is 33.8 Å². The summed E-state index contributed by atoms with van der Waals surface area (Å²) >= 11 is 0. The number of rotatable bonds is 23. The summed E-state index contributed by atoms with van der Waals surface area (Å²) in [4.78, 5) is 97.9. The number of nitrogens with zero attached hydrogens (tertiary/aromatic N) is 2. The van der Waals surface area contributed by atoms with E-state index in [1.807, 2.05) is 0 Å². The molecule has 22 nitrogen and oxygen atoms in total. The number of aliphatic carboxylic acids is 2. The van der Waals surface area contributed by atoms with Gasteiger partial charge in [-0.1, -0.05) is 18.2 Å². The molecule has 0 radical (unpaired) electrons. The predicted octanol–water partition coefficient (Wildman–Crippen LogP) is -4.61. The highest BCUT2D eigenvalue weighted by molar-refractivity contribution is 5.96. The Kier molecular flexibility index (Phi) is 17.5. The number of amides is 5. The van der Waals surface area contributed by atoms with E-state index in [9.17, 15) is 38.7 Å². The summed E-state index contributed by atoms with van der Waals surface area (Å²) in [5.74, 6) is -7.16. The zero-order chi connectivity index (χ0) is 39.5. The predicted molar refractivity (Wildman–Crippen MR) is 191 cm³/mol. The van der Waals surface area contributed by atoms with E-state index < -0.39 is 85.2 Å². The molecule has 5 amide bonds. The first-order valence-corrected chi connectivity index (χ1v) is 16.4. The molecule has 2 rings (SSSR count). The van der Waals surface area contributed by atoms with Gasteiger partial charge in [-0.15, -0.1) is 0 Å². The molecule has 0 saturated heterocycles. The van der Waals surface area contributed by atoms with Crippen LogP contribution in [0.15, 0.2) is 40.4 Å². The van der Waals surface area contributed by atoms with Gasteiger partial charge in [-0.2, -0.15) is 0 Å². The highest BCUT2D eigenvalue weighted by Crippen LogP contribution is 2.19. The molecule has 0 saturated carbocycles. The zero-order valence-corrected chi connectivity index (χ0v) is 28.8. The molecule has 0 aliphatic rings. The van der Waals surface area contributed by atoms with Crippen molar-refractivity contribution in [3.05, 3.63) is 36.0 Å². The minimum atomic E-state index is -1.48. The van der Waals surface area contributed by atoms with Gasteiger partial charge in [0.15, 0.2) is 11.9 Å². The van der Waals surface area contributed by atoms with Crippen LogP contribution in [0, 0.1) is 0 Å². The fraction of sp³-hybridized carbons (Fsp3) is 0.452. The van der Waals surface area contributed by atoms with E-state index in [1.165, 1.54) is 0 Å². The summed E-state index contributed by atoms with van der Waals surface area (Å²) in [7, 11) is 0. The number of aromatic amines is 1. The first-order chi connectivity index (χ1) is 25.1. The van der Waals surface area contributed by atoms with E-state index in [2.05, 4.69) is 41.6 Å². The minimum absolute atomic E-state index is 0.0135. The number of aromatic nitrogens is 1. The second kappa shape index (κ2) is 21.7. The lowest BCUT2D eigenvalue weighted by molar-refractivity contribution is -0.142. The number of H-pyrrole nitrogens is 1. The number of hydrogen-bond donors (Lipinski definition) is 13. The molecule has 0 fully saturated rings. The molecule has 0 bridgehead atoms. The third-order valence-electron chi connectivity index (χ3n) is 7.49. The van der Waals surface area contributed by atoms with Gasteiger partial charge in [0, 0.05) is 36.6 Å². The molecule has 1 aromatic carbocycles. The Morgan fingerprint density at radius 2 is 1.30 bits per heavy atom. The molecule has 0 aliphatic carbocycles. The Morgan fingerprint density at radius 1 is 0.717 bits per heavy atom. The largest absolute Gasteiger partial charge is 0.481 e. The lowest BCUT2D eigenvalue weighted by Crippen LogP contribution is -2.57. The van der Waals surface area contributed by atoms with Gasteiger partial charge in [-0.05, 0) is 37.3 Å². The van der Waals surface area contributed by atoms with Crippen LogP contribution >= 0.6 is 0 Å². The van der Waals surface area contributed by atoms with E-state index >= 15 is 0 Å². The van der Waals surface area contributed by atoms with Crippen molar-refractivity contribution in [3.8, 4) is 0 Å². The second-order valence-corrected chi connectivity index (χ2v) is 11.7. The van der Waals surface area contributed by atoms with E-state index in [0.717, 1.165) is 10.9 Å². The molecule has 4 atom stereocenters. The molecular weight excluding hydrogens is 698 g/mol. The van der Waals surface area contributed by atoms with Crippen LogP contribution in [-0.2, 0) is 40.0 Å². The third kappa shape index (κ3) is 16.0. The lowest BCUT2D eigenvalue weighted by atomic mass is 10.0. The van der Waals surface area contributed by atoms with E-state index in [-0.39, 0.29) is 57.1 Å². The average molecular weight is 746 g/mol. The molecule has 0 aliphatic heterocycles. The summed E-state index contributed by atoms with van der Waals surface area (Å²) < 4.78 is 0. The Morgan fingerprint density at radius 3 is 1.91 bits per heavy atom. The van der Waals surface area contributed by atoms with Crippen molar-refractivity contribution in [2.75, 3.05) is 26.2 Å². The quantitative estimate of drug-likeness (QED) is 0.0289. The summed E-state index contributed by atoms with van der Waals surface area (Å²) in [6.45, 7) is -1.01. The van der Waals surface area contributed by atoms with Crippen molar-refractivity contribution in [1.29, 1.82) is 0 Å². The highest BCUT2D eigenvalue weighted by atomic mass is 16.4. The SMILES string of the molecule is NC(N)=NCCC[C@H](NC(=O)CNC(=O)CNC(=O)[C@H](CCCN=C(N)N)NC(=O)[C@H](Cc1c[nH]c2ccccc12)NC(=O)[C@@H](N)CC(=O)O)C(=O)O. The van der Waals surface area contributed by atoms with Gasteiger partial charge < -0.3 is 70.4 Å². The van der Waals surface area contributed by atoms with Crippen molar-refractivity contribution in [3.63, 3.8) is 0 Å². The fourth-order valence-electron chi connectivity index (χ4n) is 4.87. The number of nitrogens with two attached hydrogens (primary N) is 5. The topological polar surface area (TPSA) is 391 Å². The number of nitrogens with one attached hydrogen (secondary N) is 6. The average Bonchev–Trinajstić information content (AvgIpc) is 3.50. The normalized spacial score (nSPS) is 12.9. The Labute approximate surface area is 303 Å². The molecule has 2 aromatic rings. The van der Waals surface area contributed by atoms with Crippen molar-refractivity contribution >= 4 is 64.3 Å². The van der Waals surface area contributed by atoms with Crippen LogP contribution in [0.4, 0.5) is 0 Å². The molecule has 1 heterocycles. The van der Waals surface area contributed by atoms with E-state index in [1.54, 1.807) is 30.5 Å². The van der Waals surface area contributed by atoms with Gasteiger partial charge in [-0.3, -0.25) is 38.8 Å². The van der Waals surface area contributed by atoms with Crippen LogP contribution in [0.5, 0.6) is 0 Å². The Hall–Kier alpha value is -6.45. The summed E-state index contributed by atoms with van der Waals surface area (Å²) in [5.41, 5.74) is 28.3. The van der Waals surface area contributed by atoms with Gasteiger partial charge in [0.1, 0.15) is 18.1 Å². The summed E-state index contributed by atoms with van der Waals surface area (Å²) in [6, 6.07) is 1.84. The molecule has 0 spiro atoms. The maximum atomic E-state index is 13.7. The standard InChI is InChI=1S/C31H47N13O9/c32-18(12-25(47)48)26(49)44-22(11-16-13-39-19-6-2-1-5-17(16)19)28(51)43-20(7-3-9-37-30(33)34)27(50)41-14-23(45)40-15-24(46)42-21(29(52)53)8-4-10-38-31(35)36/h1-2,5-6,13,18,20-22,39H,3-4,7-12,14-15,32H2,(H,40,45)(H,41,50)(H,42,46)(H,43,51)(H,44,49)(H,47,48)(H,52,53)(H4,33,34,37)(H4,35,36,38)/t18-,20-,21-,22-/m0/s1. The smallest absolute Gasteiger partial charge is 0.326 e. The minimum Gasteiger partial charge on any atom is -0.481 e. The first kappa shape index (κ1) is 42.7. The van der Waals surface area contributed by atoms with Crippen molar-refractivity contribution in [1.82, 2.24) is 31.6 Å². The molecule has 290 valence electrons. The van der Waals surface area contributed by atoms with Gasteiger partial charge in [-0.25, -0.2) is 4.79 Å². The van der Waals surface area contributed by atoms with Gasteiger partial charge in [0.2, 0.25) is 29.5 Å². The molecule has 1 aromatic heterocycles. The van der Waals surface area contributed by atoms with Gasteiger partial charge >= 0.3 is 11.9 Å². The van der Waals surface area contributed by atoms with Crippen LogP contribution in [0.25, 0.3) is 10.9 Å². The number of benzene rings is 1. The van der Waals surface area contributed by atoms with Crippen molar-refractivity contribution < 1.29 is 43.8 Å². The van der Waals surface area contributed by atoms with Crippen molar-refractivity contribution in [2.24, 2.45) is 38.7 Å². The third-order valence-corrected chi connectivity index (χ3v) is 7.49. The molecular formula is C31H47N13O9. The summed E-state index contributed by atoms with van der Waals surface area (Å²) in [6.07, 6.45) is 1.31. The van der Waals surface area contributed by atoms with Crippen LogP contribution in [0.2, 0.25) is 0 Å². The number of carbonyl (C=O) groups excluding carboxylic acids is 5. The molecule has 18 N–H and O–H groups in total. The lowest BCUT2D eigenvalue weighted by Gasteiger charge is -2.24. The van der Waals surface area contributed by atoms with E-state index in [0.29, 0.717) is 5.56 Å². The number of hydrogen-bond acceptors (Lipinski definition) is 10. The molecule has 0 unspecified atom stereocenters. The number of carboxylic acids is 2. The number of guanidine groups is 2. The number of para-hydroxylation sites is 1. The fourth-order valence-corrected chi connectivity index (χ4v) is 4.87. The zero-order valence-electron chi connectivity index (χ0n) is 28.8. The monoisotopic (exact) mass is 745 g/mol. The van der Waals surface area contributed by atoms with Crippen LogP contribution in [0.1, 0.15) is 37.7 Å². The number of fused-ring (bicyclic) bond motifs is 1. The van der Waals surface area contributed by atoms with Crippen molar-refractivity contribution in [2.45, 2.75) is 62.7 Å². The van der Waals surface area contributed by atoms with Crippen LogP contribution in [0.3, 0.4) is 0 Å². The van der Waals surface area contributed by atoms with Gasteiger partial charge in [0.05, 0.1) is 25.6 Å². The van der Waals surface area contributed by atoms with Crippen LogP contribution < -0.4 is 55.3 Å². The molecule has 22 heteroatoms. The second-order valence-electron chi connectivity index (χ2n) is 11.7. The number of carboxylic acid groups (broad SMARTS) is 2. The maximum Gasteiger partial charge on any atom is 0.326 e.